The van der Waals surface area contributed by atoms with Gasteiger partial charge in [-0.2, -0.15) is 5.26 Å². The molecule has 0 aliphatic carbocycles. The molecule has 2 aromatic heterocycles. The lowest BCUT2D eigenvalue weighted by Gasteiger charge is -2.18. The van der Waals surface area contributed by atoms with Gasteiger partial charge in [0.05, 0.1) is 40.7 Å². The number of nitriles is 1. The van der Waals surface area contributed by atoms with Crippen molar-refractivity contribution in [3.8, 4) is 34.4 Å². The maximum Gasteiger partial charge on any atom is 0.305 e. The zero-order valence-electron chi connectivity index (χ0n) is 30.0. The van der Waals surface area contributed by atoms with Gasteiger partial charge in [-0.15, -0.1) is 5.10 Å². The van der Waals surface area contributed by atoms with Crippen molar-refractivity contribution < 1.29 is 24.5 Å². The Kier molecular flexibility index (Phi) is 12.4. The summed E-state index contributed by atoms with van der Waals surface area (Å²) in [5.74, 6) is -0.0644. The molecule has 1 atom stereocenters. The first kappa shape index (κ1) is 37.5. The van der Waals surface area contributed by atoms with E-state index >= 15 is 0 Å². The molecule has 3 aromatic carbocycles. The number of aromatic nitrogens is 4. The van der Waals surface area contributed by atoms with Crippen LogP contribution >= 0.6 is 11.6 Å². The molecule has 1 fully saturated rings. The summed E-state index contributed by atoms with van der Waals surface area (Å²) in [6, 6.07) is 19.8. The number of carboxylic acid groups (broad SMARTS) is 1. The number of aliphatic hydroxyl groups excluding tert-OH is 1. The molecule has 0 amide bonds. The van der Waals surface area contributed by atoms with Crippen LogP contribution in [0.1, 0.15) is 71.2 Å². The SMILES string of the molecule is Cc1c(COc2cc(OCc3cncc(C#N)c3)c(CCC[C@@H](O)CC(=O)O)cc2Cl)cccc1-c1cccc(-n2cc(CN3CCCC3)nn2)c1C. The number of aryl methyl sites for hydroxylation is 1. The molecule has 0 radical (unpaired) electrons. The summed E-state index contributed by atoms with van der Waals surface area (Å²) in [4.78, 5) is 17.5. The van der Waals surface area contributed by atoms with E-state index in [-0.39, 0.29) is 19.6 Å². The molecule has 53 heavy (non-hydrogen) atoms. The second-order valence-electron chi connectivity index (χ2n) is 13.5. The molecule has 6 rings (SSSR count). The third kappa shape index (κ3) is 9.59. The Hall–Kier alpha value is -5.28. The molecule has 1 aliphatic heterocycles. The summed E-state index contributed by atoms with van der Waals surface area (Å²) >= 11 is 6.78. The maximum absolute atomic E-state index is 11.0. The van der Waals surface area contributed by atoms with Crippen molar-refractivity contribution in [3.05, 3.63) is 117 Å². The quantitative estimate of drug-likeness (QED) is 0.105. The van der Waals surface area contributed by atoms with Gasteiger partial charge in [-0.05, 0) is 111 Å². The number of carbonyl (C=O) groups is 1. The largest absolute Gasteiger partial charge is 0.488 e. The predicted octanol–water partition coefficient (Wildman–Crippen LogP) is 7.38. The number of rotatable bonds is 16. The van der Waals surface area contributed by atoms with Crippen molar-refractivity contribution in [2.45, 2.75) is 78.2 Å². The average Bonchev–Trinajstić information content (AvgIpc) is 3.84. The number of pyridine rings is 1. The van der Waals surface area contributed by atoms with E-state index in [0.717, 1.165) is 70.0 Å². The number of hydrogen-bond donors (Lipinski definition) is 2. The molecule has 1 saturated heterocycles. The van der Waals surface area contributed by atoms with Gasteiger partial charge in [-0.25, -0.2) is 4.68 Å². The Morgan fingerprint density at radius 3 is 2.51 bits per heavy atom. The van der Waals surface area contributed by atoms with Gasteiger partial charge in [0.15, 0.2) is 0 Å². The second kappa shape index (κ2) is 17.5. The number of likely N-dealkylation sites (tertiary alicyclic amines) is 1. The Morgan fingerprint density at radius 1 is 0.981 bits per heavy atom. The zero-order valence-corrected chi connectivity index (χ0v) is 30.7. The Bertz CT molecular complexity index is 2110. The summed E-state index contributed by atoms with van der Waals surface area (Å²) in [6.45, 7) is 7.64. The fourth-order valence-corrected chi connectivity index (χ4v) is 6.99. The Morgan fingerprint density at radius 2 is 1.74 bits per heavy atom. The lowest BCUT2D eigenvalue weighted by molar-refractivity contribution is -0.139. The highest BCUT2D eigenvalue weighted by Gasteiger charge is 2.18. The van der Waals surface area contributed by atoms with E-state index in [1.807, 2.05) is 29.1 Å². The molecule has 0 unspecified atom stereocenters. The highest BCUT2D eigenvalue weighted by molar-refractivity contribution is 6.32. The summed E-state index contributed by atoms with van der Waals surface area (Å²) in [7, 11) is 0. The molecule has 11 nitrogen and oxygen atoms in total. The summed E-state index contributed by atoms with van der Waals surface area (Å²) in [5.41, 5.74) is 9.25. The van der Waals surface area contributed by atoms with E-state index in [4.69, 9.17) is 26.2 Å². The lowest BCUT2D eigenvalue weighted by Crippen LogP contribution is -2.18. The van der Waals surface area contributed by atoms with Crippen molar-refractivity contribution in [2.75, 3.05) is 13.1 Å². The van der Waals surface area contributed by atoms with Gasteiger partial charge in [-0.3, -0.25) is 14.7 Å². The topological polar surface area (TPSA) is 147 Å². The number of hydrogen-bond acceptors (Lipinski definition) is 9. The number of halogens is 1. The van der Waals surface area contributed by atoms with Gasteiger partial charge in [-0.1, -0.05) is 47.1 Å². The first-order valence-electron chi connectivity index (χ1n) is 17.8. The van der Waals surface area contributed by atoms with E-state index in [1.165, 1.54) is 19.0 Å². The second-order valence-corrected chi connectivity index (χ2v) is 13.9. The monoisotopic (exact) mass is 734 g/mol. The molecule has 12 heteroatoms. The lowest BCUT2D eigenvalue weighted by atomic mass is 9.93. The van der Waals surface area contributed by atoms with Gasteiger partial charge >= 0.3 is 5.97 Å². The number of benzene rings is 3. The molecular formula is C41H43ClN6O5. The van der Waals surface area contributed by atoms with Gasteiger partial charge in [0, 0.05) is 30.6 Å². The fraction of sp³-hybridized carbons (Fsp3) is 0.341. The molecule has 1 aliphatic rings. The van der Waals surface area contributed by atoms with Gasteiger partial charge in [0.2, 0.25) is 0 Å². The van der Waals surface area contributed by atoms with Crippen molar-refractivity contribution in [3.63, 3.8) is 0 Å². The van der Waals surface area contributed by atoms with Crippen LogP contribution in [0.4, 0.5) is 0 Å². The molecule has 274 valence electrons. The molecule has 3 heterocycles. The summed E-state index contributed by atoms with van der Waals surface area (Å²) in [5, 5.41) is 37.7. The minimum absolute atomic E-state index is 0.159. The van der Waals surface area contributed by atoms with E-state index in [0.29, 0.717) is 41.3 Å². The van der Waals surface area contributed by atoms with E-state index < -0.39 is 12.1 Å². The molecule has 2 N–H and O–H groups in total. The van der Waals surface area contributed by atoms with Crippen molar-refractivity contribution in [2.24, 2.45) is 0 Å². The third-order valence-electron chi connectivity index (χ3n) is 9.62. The van der Waals surface area contributed by atoms with Crippen LogP contribution < -0.4 is 9.47 Å². The number of aliphatic carboxylic acids is 1. The standard InChI is InChI=1S/C41H43ClN6O5/c1-27-32(9-6-11-35(27)36-12-7-13-38(28(36)2)48-24-33(45-46-48)23-47-14-3-4-15-47)26-53-40-19-39(52-25-30-16-29(20-43)21-44-22-30)31(17-37(40)42)8-5-10-34(49)18-41(50)51/h6-7,9,11-13,16-17,19,21-22,24,34,49H,3-5,8,10,14-15,18,23,25-26H2,1-2H3,(H,50,51)/t34-/m1/s1. The van der Waals surface area contributed by atoms with Crippen molar-refractivity contribution in [1.29, 1.82) is 5.26 Å². The van der Waals surface area contributed by atoms with Gasteiger partial charge < -0.3 is 19.7 Å². The van der Waals surface area contributed by atoms with Gasteiger partial charge in [0.25, 0.3) is 0 Å². The maximum atomic E-state index is 11.0. The normalized spacial score (nSPS) is 13.5. The first-order chi connectivity index (χ1) is 25.7. The highest BCUT2D eigenvalue weighted by Crippen LogP contribution is 2.36. The Labute approximate surface area is 314 Å². The summed E-state index contributed by atoms with van der Waals surface area (Å²) < 4.78 is 14.4. The minimum Gasteiger partial charge on any atom is -0.488 e. The number of aliphatic hydroxyl groups is 1. The number of nitrogens with zero attached hydrogens (tertiary/aromatic N) is 6. The van der Waals surface area contributed by atoms with E-state index in [1.54, 1.807) is 24.4 Å². The van der Waals surface area contributed by atoms with Gasteiger partial charge in [0.1, 0.15) is 30.8 Å². The van der Waals surface area contributed by atoms with Crippen LogP contribution in [0.25, 0.3) is 16.8 Å². The van der Waals surface area contributed by atoms with Crippen LogP contribution in [0.5, 0.6) is 11.5 Å². The smallest absolute Gasteiger partial charge is 0.305 e. The van der Waals surface area contributed by atoms with Crippen LogP contribution in [0.3, 0.4) is 0 Å². The Balaban J connectivity index is 1.20. The third-order valence-corrected chi connectivity index (χ3v) is 9.92. The molecule has 0 spiro atoms. The van der Waals surface area contributed by atoms with Crippen LogP contribution in [-0.2, 0) is 31.0 Å². The number of ether oxygens (including phenoxy) is 2. The fourth-order valence-electron chi connectivity index (χ4n) is 6.75. The first-order valence-corrected chi connectivity index (χ1v) is 18.2. The molecule has 5 aromatic rings. The predicted molar refractivity (Wildman–Crippen MR) is 201 cm³/mol. The highest BCUT2D eigenvalue weighted by atomic mass is 35.5. The molecule has 0 bridgehead atoms. The minimum atomic E-state index is -1.04. The van der Waals surface area contributed by atoms with E-state index in [2.05, 4.69) is 58.3 Å². The van der Waals surface area contributed by atoms with Crippen LogP contribution in [-0.4, -0.2) is 60.3 Å². The molecule has 0 saturated carbocycles. The van der Waals surface area contributed by atoms with Crippen LogP contribution in [0.15, 0.2) is 73.2 Å². The van der Waals surface area contributed by atoms with Crippen LogP contribution in [0, 0.1) is 25.2 Å². The summed E-state index contributed by atoms with van der Waals surface area (Å²) in [6.07, 6.45) is 7.70. The molecular weight excluding hydrogens is 692 g/mol. The van der Waals surface area contributed by atoms with Crippen LogP contribution in [0.2, 0.25) is 5.02 Å². The average molecular weight is 735 g/mol. The number of carboxylic acids is 1. The van der Waals surface area contributed by atoms with Crippen molar-refractivity contribution >= 4 is 17.6 Å². The van der Waals surface area contributed by atoms with E-state index in [9.17, 15) is 15.2 Å². The zero-order chi connectivity index (χ0) is 37.3. The van der Waals surface area contributed by atoms with Crippen molar-refractivity contribution in [1.82, 2.24) is 24.9 Å².